The minimum atomic E-state index is -1.43. The molecule has 0 unspecified atom stereocenters. The molecule has 10 nitrogen and oxygen atoms in total. The Bertz CT molecular complexity index is 1130. The van der Waals surface area contributed by atoms with E-state index >= 15 is 0 Å². The van der Waals surface area contributed by atoms with Gasteiger partial charge in [-0.05, 0) is 18.6 Å². The Kier molecular flexibility index (Phi) is 4.63. The van der Waals surface area contributed by atoms with Crippen molar-refractivity contribution in [2.45, 2.75) is 38.0 Å². The second-order valence-corrected chi connectivity index (χ2v) is 6.74. The number of fused-ring (bicyclic) bond motifs is 1. The summed E-state index contributed by atoms with van der Waals surface area (Å²) in [7, 11) is 0. The van der Waals surface area contributed by atoms with E-state index in [1.54, 1.807) is 6.07 Å². The summed E-state index contributed by atoms with van der Waals surface area (Å²) < 4.78 is 12.6. The van der Waals surface area contributed by atoms with Gasteiger partial charge in [0.2, 0.25) is 0 Å². The van der Waals surface area contributed by atoms with Gasteiger partial charge >= 0.3 is 5.69 Å². The first-order chi connectivity index (χ1) is 13.4. The van der Waals surface area contributed by atoms with Crippen LogP contribution in [0.3, 0.4) is 0 Å². The first-order valence-electron chi connectivity index (χ1n) is 8.70. The number of rotatable bonds is 4. The molecule has 1 aliphatic heterocycles. The van der Waals surface area contributed by atoms with Crippen molar-refractivity contribution in [2.75, 3.05) is 6.61 Å². The lowest BCUT2D eigenvalue weighted by atomic mass is 10.1. The maximum Gasteiger partial charge on any atom is 0.333 e. The molecule has 1 saturated heterocycles. The number of aliphatic hydroxyl groups is 3. The van der Waals surface area contributed by atoms with E-state index in [0.29, 0.717) is 11.3 Å². The average molecular weight is 389 g/mol. The number of ether oxygens (including phenoxy) is 1. The minimum absolute atomic E-state index is 0.134. The van der Waals surface area contributed by atoms with E-state index in [4.69, 9.17) is 9.26 Å². The van der Waals surface area contributed by atoms with Gasteiger partial charge in [-0.25, -0.2) is 4.79 Å². The molecule has 2 aromatic heterocycles. The Hall–Kier alpha value is -2.79. The van der Waals surface area contributed by atoms with E-state index in [-0.39, 0.29) is 6.54 Å². The second kappa shape index (κ2) is 6.99. The van der Waals surface area contributed by atoms with Gasteiger partial charge in [0.1, 0.15) is 24.0 Å². The molecule has 148 valence electrons. The Morgan fingerprint density at radius 1 is 1.18 bits per heavy atom. The monoisotopic (exact) mass is 389 g/mol. The topological polar surface area (TPSA) is 140 Å². The summed E-state index contributed by atoms with van der Waals surface area (Å²) in [6.07, 6.45) is -3.87. The van der Waals surface area contributed by atoms with Crippen LogP contribution in [-0.2, 0) is 11.3 Å². The highest BCUT2D eigenvalue weighted by Gasteiger charge is 2.43. The predicted molar refractivity (Wildman–Crippen MR) is 95.8 cm³/mol. The molecule has 0 amide bonds. The highest BCUT2D eigenvalue weighted by molar-refractivity contribution is 5.82. The van der Waals surface area contributed by atoms with E-state index in [1.165, 1.54) is 6.20 Å². The van der Waals surface area contributed by atoms with Gasteiger partial charge in [0.05, 0.1) is 13.2 Å². The lowest BCUT2D eigenvalue weighted by molar-refractivity contribution is -0.0555. The third-order valence-corrected chi connectivity index (χ3v) is 4.97. The summed E-state index contributed by atoms with van der Waals surface area (Å²) in [6.45, 7) is 1.21. The van der Waals surface area contributed by atoms with Gasteiger partial charge in [-0.15, -0.1) is 0 Å². The first kappa shape index (κ1) is 18.6. The normalized spacial score (nSPS) is 24.9. The van der Waals surface area contributed by atoms with Crippen molar-refractivity contribution in [1.82, 2.24) is 14.3 Å². The van der Waals surface area contributed by atoms with Crippen LogP contribution in [0.25, 0.3) is 11.0 Å². The lowest BCUT2D eigenvalue weighted by Crippen LogP contribution is -2.43. The van der Waals surface area contributed by atoms with Crippen molar-refractivity contribution in [3.63, 3.8) is 0 Å². The fraction of sp³-hybridized carbons (Fsp3) is 0.389. The minimum Gasteiger partial charge on any atom is -0.394 e. The van der Waals surface area contributed by atoms with E-state index in [9.17, 15) is 24.9 Å². The fourth-order valence-corrected chi connectivity index (χ4v) is 3.47. The molecule has 10 heteroatoms. The van der Waals surface area contributed by atoms with Crippen molar-refractivity contribution in [3.05, 3.63) is 62.6 Å². The largest absolute Gasteiger partial charge is 0.394 e. The van der Waals surface area contributed by atoms with Gasteiger partial charge in [-0.1, -0.05) is 17.3 Å². The van der Waals surface area contributed by atoms with Gasteiger partial charge < -0.3 is 24.6 Å². The fourth-order valence-electron chi connectivity index (χ4n) is 3.47. The molecule has 4 rings (SSSR count). The zero-order valence-corrected chi connectivity index (χ0v) is 14.9. The first-order valence-corrected chi connectivity index (χ1v) is 8.70. The highest BCUT2D eigenvalue weighted by Crippen LogP contribution is 2.28. The van der Waals surface area contributed by atoms with Crippen LogP contribution in [0.2, 0.25) is 0 Å². The Morgan fingerprint density at radius 2 is 1.96 bits per heavy atom. The standard InChI is InChI=1S/C18H19N3O7/c1-9-3-2-4-11-14(9)10(19-28-11)7-21-13(23)5-6-20(18(21)26)17-16(25)15(24)12(8-22)27-17/h2-6,12,15-17,22,24-25H,7-8H2,1H3/t12-,15+,16+,17-/m1/s1. The Labute approximate surface area is 157 Å². The number of hydrogen-bond acceptors (Lipinski definition) is 8. The van der Waals surface area contributed by atoms with Crippen molar-refractivity contribution in [1.29, 1.82) is 0 Å². The van der Waals surface area contributed by atoms with Crippen LogP contribution in [-0.4, -0.2) is 54.5 Å². The van der Waals surface area contributed by atoms with E-state index in [0.717, 1.165) is 26.2 Å². The molecule has 0 radical (unpaired) electrons. The quantitative estimate of drug-likeness (QED) is 0.523. The van der Waals surface area contributed by atoms with Crippen LogP contribution >= 0.6 is 0 Å². The summed E-state index contributed by atoms with van der Waals surface area (Å²) in [4.78, 5) is 25.2. The van der Waals surface area contributed by atoms with Crippen LogP contribution in [0.1, 0.15) is 17.5 Å². The van der Waals surface area contributed by atoms with E-state index in [2.05, 4.69) is 5.16 Å². The molecule has 0 bridgehead atoms. The Morgan fingerprint density at radius 3 is 2.68 bits per heavy atom. The smallest absolute Gasteiger partial charge is 0.333 e. The van der Waals surface area contributed by atoms with Crippen LogP contribution in [0.4, 0.5) is 0 Å². The van der Waals surface area contributed by atoms with Gasteiger partial charge in [0.25, 0.3) is 5.56 Å². The molecule has 3 heterocycles. The summed E-state index contributed by atoms with van der Waals surface area (Å²) in [5, 5.41) is 34.0. The van der Waals surface area contributed by atoms with E-state index in [1.807, 2.05) is 19.1 Å². The van der Waals surface area contributed by atoms with Crippen LogP contribution < -0.4 is 11.2 Å². The molecule has 28 heavy (non-hydrogen) atoms. The Balaban J connectivity index is 1.76. The average Bonchev–Trinajstić information content (AvgIpc) is 3.22. The van der Waals surface area contributed by atoms with Gasteiger partial charge in [0.15, 0.2) is 11.8 Å². The van der Waals surface area contributed by atoms with E-state index < -0.39 is 42.4 Å². The molecule has 1 aliphatic rings. The van der Waals surface area contributed by atoms with Gasteiger partial charge in [0, 0.05) is 17.6 Å². The van der Waals surface area contributed by atoms with Crippen molar-refractivity contribution >= 4 is 11.0 Å². The van der Waals surface area contributed by atoms with Gasteiger partial charge in [-0.3, -0.25) is 13.9 Å². The predicted octanol–water partition coefficient (Wildman–Crippen LogP) is -0.881. The number of aryl methyl sites for hydroxylation is 1. The molecule has 0 spiro atoms. The number of aromatic nitrogens is 3. The molecular formula is C18H19N3O7. The second-order valence-electron chi connectivity index (χ2n) is 6.74. The van der Waals surface area contributed by atoms with Crippen LogP contribution in [0, 0.1) is 6.92 Å². The molecular weight excluding hydrogens is 370 g/mol. The molecule has 0 saturated carbocycles. The van der Waals surface area contributed by atoms with Crippen LogP contribution in [0.5, 0.6) is 0 Å². The third-order valence-electron chi connectivity index (χ3n) is 4.97. The maximum absolute atomic E-state index is 12.9. The number of hydrogen-bond donors (Lipinski definition) is 3. The van der Waals surface area contributed by atoms with Crippen molar-refractivity contribution in [2.24, 2.45) is 0 Å². The summed E-state index contributed by atoms with van der Waals surface area (Å²) in [5.74, 6) is 0. The van der Waals surface area contributed by atoms with Crippen LogP contribution in [0.15, 0.2) is 44.6 Å². The lowest BCUT2D eigenvalue weighted by Gasteiger charge is -2.18. The maximum atomic E-state index is 12.9. The summed E-state index contributed by atoms with van der Waals surface area (Å²) in [6, 6.07) is 6.58. The molecule has 1 aromatic carbocycles. The number of aliphatic hydroxyl groups excluding tert-OH is 3. The van der Waals surface area contributed by atoms with Crippen molar-refractivity contribution in [3.8, 4) is 0 Å². The molecule has 0 aliphatic carbocycles. The SMILES string of the molecule is Cc1cccc2onc(Cn3c(=O)ccn([C@@H]4O[C@H](CO)[C@H](O)[C@@H]4O)c3=O)c12. The zero-order valence-electron chi connectivity index (χ0n) is 14.9. The molecule has 3 N–H and O–H groups in total. The zero-order chi connectivity index (χ0) is 20.0. The number of benzene rings is 1. The summed E-state index contributed by atoms with van der Waals surface area (Å²) in [5.41, 5.74) is 0.556. The summed E-state index contributed by atoms with van der Waals surface area (Å²) >= 11 is 0. The number of nitrogens with zero attached hydrogens (tertiary/aromatic N) is 3. The van der Waals surface area contributed by atoms with Gasteiger partial charge in [-0.2, -0.15) is 0 Å². The molecule has 1 fully saturated rings. The van der Waals surface area contributed by atoms with Crippen molar-refractivity contribution < 1.29 is 24.6 Å². The third kappa shape index (κ3) is 2.87. The molecule has 4 atom stereocenters. The molecule has 3 aromatic rings. The highest BCUT2D eigenvalue weighted by atomic mass is 16.6.